The van der Waals surface area contributed by atoms with E-state index in [2.05, 4.69) is 11.0 Å². The van der Waals surface area contributed by atoms with Crippen molar-refractivity contribution < 1.29 is 8.42 Å². The van der Waals surface area contributed by atoms with Crippen LogP contribution < -0.4 is 0 Å². The van der Waals surface area contributed by atoms with Crippen LogP contribution >= 0.6 is 11.3 Å². The third kappa shape index (κ3) is 3.62. The lowest BCUT2D eigenvalue weighted by molar-refractivity contribution is 0.162. The summed E-state index contributed by atoms with van der Waals surface area (Å²) in [5.41, 5.74) is 2.08. The van der Waals surface area contributed by atoms with Crippen molar-refractivity contribution in [2.45, 2.75) is 24.1 Å². The first-order valence-electron chi connectivity index (χ1n) is 8.19. The Morgan fingerprint density at radius 2 is 1.76 bits per heavy atom. The van der Waals surface area contributed by atoms with Gasteiger partial charge in [-0.3, -0.25) is 4.90 Å². The van der Waals surface area contributed by atoms with E-state index in [1.165, 1.54) is 15.6 Å². The van der Waals surface area contributed by atoms with Gasteiger partial charge >= 0.3 is 0 Å². The van der Waals surface area contributed by atoms with Crippen molar-refractivity contribution in [3.05, 3.63) is 52.4 Å². The largest absolute Gasteiger partial charge is 0.282 e. The van der Waals surface area contributed by atoms with Gasteiger partial charge in [-0.25, -0.2) is 8.42 Å². The third-order valence-corrected chi connectivity index (χ3v) is 7.92. The highest BCUT2D eigenvalue weighted by atomic mass is 32.2. The molecule has 7 heteroatoms. The molecule has 5 nitrogen and oxygen atoms in total. The molecule has 0 bridgehead atoms. The van der Waals surface area contributed by atoms with Crippen molar-refractivity contribution in [1.29, 1.82) is 5.26 Å². The van der Waals surface area contributed by atoms with Crippen molar-refractivity contribution in [3.63, 3.8) is 0 Å². The summed E-state index contributed by atoms with van der Waals surface area (Å²) in [7, 11) is -3.43. The van der Waals surface area contributed by atoms with Crippen LogP contribution in [0.3, 0.4) is 0 Å². The van der Waals surface area contributed by atoms with Crippen LogP contribution in [0.15, 0.2) is 40.6 Å². The molecule has 0 saturated carbocycles. The predicted molar refractivity (Wildman–Crippen MR) is 98.9 cm³/mol. The van der Waals surface area contributed by atoms with Crippen LogP contribution in [0.2, 0.25) is 0 Å². The van der Waals surface area contributed by atoms with Crippen LogP contribution in [0.1, 0.15) is 22.0 Å². The molecule has 1 aromatic heterocycles. The summed E-state index contributed by atoms with van der Waals surface area (Å²) in [5.74, 6) is 0. The number of hydrogen-bond donors (Lipinski definition) is 0. The molecule has 25 heavy (non-hydrogen) atoms. The summed E-state index contributed by atoms with van der Waals surface area (Å²) in [4.78, 5) is 3.05. The standard InChI is InChI=1S/C18H21N3O2S2/c1-14-5-3-4-6-16(14)17(13-19)20-9-11-21(12-10-20)25(22,23)18-8-7-15(2)24-18/h3-8,17H,9-12H2,1-2H3. The molecule has 2 heterocycles. The molecule has 0 amide bonds. The Morgan fingerprint density at radius 3 is 2.32 bits per heavy atom. The van der Waals surface area contributed by atoms with Gasteiger partial charge in [0.1, 0.15) is 10.3 Å². The van der Waals surface area contributed by atoms with E-state index in [1.807, 2.05) is 44.2 Å². The first-order chi connectivity index (χ1) is 11.9. The molecular formula is C18H21N3O2S2. The van der Waals surface area contributed by atoms with Crippen LogP contribution in [-0.2, 0) is 10.0 Å². The third-order valence-electron chi connectivity index (χ3n) is 4.55. The smallest absolute Gasteiger partial charge is 0.252 e. The Labute approximate surface area is 153 Å². The second-order valence-electron chi connectivity index (χ2n) is 6.19. The molecule has 3 rings (SSSR count). The van der Waals surface area contributed by atoms with E-state index >= 15 is 0 Å². The molecule has 1 aliphatic heterocycles. The number of sulfonamides is 1. The van der Waals surface area contributed by atoms with Crippen LogP contribution in [0.25, 0.3) is 0 Å². The summed E-state index contributed by atoms with van der Waals surface area (Å²) >= 11 is 1.30. The van der Waals surface area contributed by atoms with E-state index in [-0.39, 0.29) is 6.04 Å². The van der Waals surface area contributed by atoms with Gasteiger partial charge in [-0.2, -0.15) is 9.57 Å². The molecular weight excluding hydrogens is 354 g/mol. The van der Waals surface area contributed by atoms with Gasteiger partial charge in [-0.1, -0.05) is 24.3 Å². The van der Waals surface area contributed by atoms with Crippen LogP contribution in [0.4, 0.5) is 0 Å². The highest BCUT2D eigenvalue weighted by molar-refractivity contribution is 7.91. The molecule has 132 valence electrons. The number of piperazine rings is 1. The van der Waals surface area contributed by atoms with Gasteiger partial charge in [0.2, 0.25) is 0 Å². The van der Waals surface area contributed by atoms with Gasteiger partial charge in [0.15, 0.2) is 0 Å². The van der Waals surface area contributed by atoms with E-state index in [1.54, 1.807) is 6.07 Å². The minimum Gasteiger partial charge on any atom is -0.282 e. The fourth-order valence-electron chi connectivity index (χ4n) is 3.12. The monoisotopic (exact) mass is 375 g/mol. The Bertz CT molecular complexity index is 891. The topological polar surface area (TPSA) is 64.4 Å². The minimum absolute atomic E-state index is 0.338. The lowest BCUT2D eigenvalue weighted by Gasteiger charge is -2.36. The highest BCUT2D eigenvalue weighted by Crippen LogP contribution is 2.28. The van der Waals surface area contributed by atoms with Gasteiger partial charge < -0.3 is 0 Å². The number of thiophene rings is 1. The first-order valence-corrected chi connectivity index (χ1v) is 10.4. The van der Waals surface area contributed by atoms with Crippen molar-refractivity contribution in [3.8, 4) is 6.07 Å². The Hall–Kier alpha value is -1.72. The quantitative estimate of drug-likeness (QED) is 0.824. The zero-order valence-electron chi connectivity index (χ0n) is 14.3. The molecule has 1 aliphatic rings. The highest BCUT2D eigenvalue weighted by Gasteiger charge is 2.32. The maximum Gasteiger partial charge on any atom is 0.252 e. The average Bonchev–Trinajstić information content (AvgIpc) is 3.05. The maximum atomic E-state index is 12.7. The molecule has 1 atom stereocenters. The minimum atomic E-state index is -3.43. The van der Waals surface area contributed by atoms with Crippen LogP contribution in [-0.4, -0.2) is 43.8 Å². The fourth-order valence-corrected chi connectivity index (χ4v) is 5.98. The van der Waals surface area contributed by atoms with Crippen molar-refractivity contribution in [2.24, 2.45) is 0 Å². The van der Waals surface area contributed by atoms with E-state index < -0.39 is 10.0 Å². The van der Waals surface area contributed by atoms with E-state index in [9.17, 15) is 13.7 Å². The van der Waals surface area contributed by atoms with E-state index in [0.29, 0.717) is 30.4 Å². The van der Waals surface area contributed by atoms with Gasteiger partial charge in [-0.05, 0) is 37.1 Å². The molecule has 0 aliphatic carbocycles. The maximum absolute atomic E-state index is 12.7. The zero-order valence-corrected chi connectivity index (χ0v) is 16.0. The average molecular weight is 376 g/mol. The number of aryl methyl sites for hydroxylation is 2. The van der Waals surface area contributed by atoms with Crippen molar-refractivity contribution in [1.82, 2.24) is 9.21 Å². The molecule has 1 saturated heterocycles. The Balaban J connectivity index is 1.73. The van der Waals surface area contributed by atoms with Crippen molar-refractivity contribution in [2.75, 3.05) is 26.2 Å². The van der Waals surface area contributed by atoms with E-state index in [4.69, 9.17) is 0 Å². The van der Waals surface area contributed by atoms with E-state index in [0.717, 1.165) is 16.0 Å². The fraction of sp³-hybridized carbons (Fsp3) is 0.389. The number of nitrogens with zero attached hydrogens (tertiary/aromatic N) is 3. The van der Waals surface area contributed by atoms with Gasteiger partial charge in [-0.15, -0.1) is 11.3 Å². The predicted octanol–water partition coefficient (Wildman–Crippen LogP) is 2.94. The van der Waals surface area contributed by atoms with Gasteiger partial charge in [0.25, 0.3) is 10.0 Å². The first kappa shape index (κ1) is 18.1. The SMILES string of the molecule is Cc1ccc(S(=O)(=O)N2CCN(C(C#N)c3ccccc3C)CC2)s1. The summed E-state index contributed by atoms with van der Waals surface area (Å²) in [5, 5.41) is 9.64. The van der Waals surface area contributed by atoms with Gasteiger partial charge in [0.05, 0.1) is 6.07 Å². The summed E-state index contributed by atoms with van der Waals surface area (Å²) in [6.07, 6.45) is 0. The van der Waals surface area contributed by atoms with Crippen LogP contribution in [0.5, 0.6) is 0 Å². The molecule has 0 spiro atoms. The summed E-state index contributed by atoms with van der Waals surface area (Å²) in [6, 6.07) is 13.4. The second-order valence-corrected chi connectivity index (χ2v) is 9.65. The second kappa shape index (κ2) is 7.26. The molecule has 1 fully saturated rings. The lowest BCUT2D eigenvalue weighted by Crippen LogP contribution is -2.49. The Kier molecular flexibility index (Phi) is 5.25. The molecule has 1 aromatic carbocycles. The normalized spacial score (nSPS) is 18.0. The number of nitriles is 1. The molecule has 0 N–H and O–H groups in total. The summed E-state index contributed by atoms with van der Waals surface area (Å²) in [6.45, 7) is 5.82. The molecule has 0 radical (unpaired) electrons. The number of benzene rings is 1. The summed E-state index contributed by atoms with van der Waals surface area (Å²) < 4.78 is 27.4. The zero-order chi connectivity index (χ0) is 18.0. The van der Waals surface area contributed by atoms with Crippen LogP contribution in [0, 0.1) is 25.2 Å². The number of rotatable bonds is 4. The van der Waals surface area contributed by atoms with Gasteiger partial charge in [0, 0.05) is 31.1 Å². The Morgan fingerprint density at radius 1 is 1.08 bits per heavy atom. The van der Waals surface area contributed by atoms with Crippen molar-refractivity contribution >= 4 is 21.4 Å². The lowest BCUT2D eigenvalue weighted by atomic mass is 10.0. The number of hydrogen-bond acceptors (Lipinski definition) is 5. The molecule has 1 unspecified atom stereocenters. The molecule has 2 aromatic rings.